The fraction of sp³-hybridized carbons (Fsp3) is 0.182. The highest BCUT2D eigenvalue weighted by Crippen LogP contribution is 2.28. The minimum Gasteiger partial charge on any atom is -0.494 e. The number of fused-ring (bicyclic) bond motifs is 1. The Morgan fingerprint density at radius 3 is 2.75 bits per heavy atom. The number of halogens is 2. The van der Waals surface area contributed by atoms with E-state index in [2.05, 4.69) is 20.9 Å². The van der Waals surface area contributed by atoms with E-state index in [1.165, 1.54) is 0 Å². The summed E-state index contributed by atoms with van der Waals surface area (Å²) < 4.78 is 5.71. The van der Waals surface area contributed by atoms with Gasteiger partial charge in [0.25, 0.3) is 0 Å². The molecule has 0 unspecified atom stereocenters. The number of aromatic nitrogens is 1. The van der Waals surface area contributed by atoms with Crippen LogP contribution in [0.4, 0.5) is 0 Å². The van der Waals surface area contributed by atoms with E-state index >= 15 is 0 Å². The van der Waals surface area contributed by atoms with E-state index < -0.39 is 0 Å². The van der Waals surface area contributed by atoms with Crippen LogP contribution in [0.2, 0.25) is 5.02 Å². The quantitative estimate of drug-likeness (QED) is 0.878. The zero-order valence-electron chi connectivity index (χ0n) is 8.73. The Balaban J connectivity index is 3.01. The number of aryl methyl sites for hydroxylation is 1. The fourth-order valence-corrected chi connectivity index (χ4v) is 2.10. The first-order valence-electron chi connectivity index (χ1n) is 4.60. The van der Waals surface area contributed by atoms with Gasteiger partial charge in [-0.2, -0.15) is 0 Å². The van der Waals surface area contributed by atoms with Gasteiger partial charge < -0.3 is 9.72 Å². The van der Waals surface area contributed by atoms with Gasteiger partial charge in [-0.1, -0.05) is 11.6 Å². The maximum absolute atomic E-state index is 12.0. The molecule has 1 heterocycles. The average molecular weight is 303 g/mol. The zero-order valence-corrected chi connectivity index (χ0v) is 11.1. The van der Waals surface area contributed by atoms with Crippen molar-refractivity contribution < 1.29 is 4.74 Å². The Labute approximate surface area is 106 Å². The van der Waals surface area contributed by atoms with E-state index in [9.17, 15) is 4.79 Å². The molecule has 1 N–H and O–H groups in total. The van der Waals surface area contributed by atoms with Crippen molar-refractivity contribution in [2.45, 2.75) is 6.92 Å². The molecule has 0 aliphatic carbocycles. The van der Waals surface area contributed by atoms with Gasteiger partial charge in [0.1, 0.15) is 5.75 Å². The summed E-state index contributed by atoms with van der Waals surface area (Å²) in [5.74, 6) is 0.565. The molecule has 2 rings (SSSR count). The van der Waals surface area contributed by atoms with Gasteiger partial charge >= 0.3 is 0 Å². The van der Waals surface area contributed by atoms with Gasteiger partial charge in [0.2, 0.25) is 5.43 Å². The largest absolute Gasteiger partial charge is 0.494 e. The molecule has 0 radical (unpaired) electrons. The smallest absolute Gasteiger partial charge is 0.204 e. The molecule has 2 aromatic rings. The van der Waals surface area contributed by atoms with Gasteiger partial charge in [-0.3, -0.25) is 4.79 Å². The molecule has 0 aliphatic rings. The molecular weight excluding hydrogens is 293 g/mol. The lowest BCUT2D eigenvalue weighted by molar-refractivity contribution is 0.419. The number of hydrogen-bond donors (Lipinski definition) is 1. The number of pyridine rings is 1. The monoisotopic (exact) mass is 301 g/mol. The van der Waals surface area contributed by atoms with E-state index in [1.807, 2.05) is 6.92 Å². The van der Waals surface area contributed by atoms with Crippen molar-refractivity contribution in [1.82, 2.24) is 4.98 Å². The lowest BCUT2D eigenvalue weighted by Crippen LogP contribution is -2.07. The third-order valence-corrected chi connectivity index (χ3v) is 3.55. The summed E-state index contributed by atoms with van der Waals surface area (Å²) in [6.45, 7) is 1.82. The lowest BCUT2D eigenvalue weighted by Gasteiger charge is -2.08. The van der Waals surface area contributed by atoms with Gasteiger partial charge in [-0.15, -0.1) is 0 Å². The maximum Gasteiger partial charge on any atom is 0.204 e. The number of ether oxygens (including phenoxy) is 1. The molecule has 0 saturated heterocycles. The Hall–Kier alpha value is -1.00. The van der Waals surface area contributed by atoms with Crippen molar-refractivity contribution in [3.05, 3.63) is 37.5 Å². The Morgan fingerprint density at radius 2 is 2.12 bits per heavy atom. The number of methoxy groups -OCH3 is 1. The summed E-state index contributed by atoms with van der Waals surface area (Å²) in [5, 5.41) is 0.993. The normalized spacial score (nSPS) is 10.8. The second kappa shape index (κ2) is 4.11. The minimum absolute atomic E-state index is 0.0907. The summed E-state index contributed by atoms with van der Waals surface area (Å²) in [6.07, 6.45) is 0. The van der Waals surface area contributed by atoms with Gasteiger partial charge in [0, 0.05) is 16.8 Å². The molecule has 0 aliphatic heterocycles. The second-order valence-corrected chi connectivity index (χ2v) is 4.65. The van der Waals surface area contributed by atoms with Crippen LogP contribution in [0.3, 0.4) is 0 Å². The molecule has 84 valence electrons. The Morgan fingerprint density at radius 1 is 1.44 bits per heavy atom. The summed E-state index contributed by atoms with van der Waals surface area (Å²) in [5.41, 5.74) is 1.34. The highest BCUT2D eigenvalue weighted by Gasteiger charge is 2.11. The average Bonchev–Trinajstić information content (AvgIpc) is 2.26. The van der Waals surface area contributed by atoms with Crippen LogP contribution < -0.4 is 10.2 Å². The number of nitrogens with one attached hydrogen (secondary N) is 1. The summed E-state index contributed by atoms with van der Waals surface area (Å²) in [6, 6.07) is 3.30. The topological polar surface area (TPSA) is 42.1 Å². The third-order valence-electron chi connectivity index (χ3n) is 2.37. The summed E-state index contributed by atoms with van der Waals surface area (Å²) in [4.78, 5) is 15.1. The second-order valence-electron chi connectivity index (χ2n) is 3.42. The SMILES string of the molecule is COc1cc(Cl)cc2c(=O)c(Br)c(C)[nH]c12. The Kier molecular flexibility index (Phi) is 2.95. The van der Waals surface area contributed by atoms with Crippen molar-refractivity contribution in [3.63, 3.8) is 0 Å². The van der Waals surface area contributed by atoms with Crippen LogP contribution in [0.5, 0.6) is 5.75 Å². The standard InChI is InChI=1S/C11H9BrClNO2/c1-5-9(12)11(15)7-3-6(13)4-8(16-2)10(7)14-5/h3-4H,1-2H3,(H,14,15). The predicted molar refractivity (Wildman–Crippen MR) is 68.6 cm³/mol. The summed E-state index contributed by atoms with van der Waals surface area (Å²) in [7, 11) is 1.54. The molecule has 1 aromatic heterocycles. The molecular formula is C11H9BrClNO2. The highest BCUT2D eigenvalue weighted by atomic mass is 79.9. The van der Waals surface area contributed by atoms with Crippen molar-refractivity contribution in [1.29, 1.82) is 0 Å². The van der Waals surface area contributed by atoms with Crippen LogP contribution in [0.1, 0.15) is 5.69 Å². The molecule has 0 fully saturated rings. The number of benzene rings is 1. The molecule has 5 heteroatoms. The first-order valence-corrected chi connectivity index (χ1v) is 5.77. The minimum atomic E-state index is -0.0907. The van der Waals surface area contributed by atoms with Crippen LogP contribution in [0, 0.1) is 6.92 Å². The maximum atomic E-state index is 12.0. The molecule has 3 nitrogen and oxygen atoms in total. The summed E-state index contributed by atoms with van der Waals surface area (Å²) >= 11 is 9.16. The molecule has 1 aromatic carbocycles. The van der Waals surface area contributed by atoms with E-state index in [-0.39, 0.29) is 5.43 Å². The van der Waals surface area contributed by atoms with Crippen LogP contribution in [-0.2, 0) is 0 Å². The van der Waals surface area contributed by atoms with Crippen molar-refractivity contribution in [2.24, 2.45) is 0 Å². The first-order chi connectivity index (χ1) is 7.54. The van der Waals surface area contributed by atoms with Crippen molar-refractivity contribution in [2.75, 3.05) is 7.11 Å². The molecule has 0 bridgehead atoms. The number of rotatable bonds is 1. The van der Waals surface area contributed by atoms with E-state index in [0.29, 0.717) is 26.1 Å². The van der Waals surface area contributed by atoms with E-state index in [4.69, 9.17) is 16.3 Å². The van der Waals surface area contributed by atoms with Crippen LogP contribution >= 0.6 is 27.5 Å². The van der Waals surface area contributed by atoms with Crippen molar-refractivity contribution in [3.8, 4) is 5.75 Å². The molecule has 0 atom stereocenters. The number of aromatic amines is 1. The lowest BCUT2D eigenvalue weighted by atomic mass is 10.2. The van der Waals surface area contributed by atoms with Crippen molar-refractivity contribution >= 4 is 38.4 Å². The van der Waals surface area contributed by atoms with Crippen LogP contribution in [0.25, 0.3) is 10.9 Å². The van der Waals surface area contributed by atoms with E-state index in [0.717, 1.165) is 5.69 Å². The molecule has 0 saturated carbocycles. The van der Waals surface area contributed by atoms with E-state index in [1.54, 1.807) is 19.2 Å². The third kappa shape index (κ3) is 1.72. The van der Waals surface area contributed by atoms with Gasteiger partial charge in [0.05, 0.1) is 22.5 Å². The number of hydrogen-bond acceptors (Lipinski definition) is 2. The predicted octanol–water partition coefficient (Wildman–Crippen LogP) is 3.26. The number of H-pyrrole nitrogens is 1. The molecule has 0 spiro atoms. The van der Waals surface area contributed by atoms with Gasteiger partial charge in [0.15, 0.2) is 0 Å². The highest BCUT2D eigenvalue weighted by molar-refractivity contribution is 9.10. The van der Waals surface area contributed by atoms with Gasteiger partial charge in [-0.25, -0.2) is 0 Å². The zero-order chi connectivity index (χ0) is 11.9. The first kappa shape index (κ1) is 11.5. The van der Waals surface area contributed by atoms with Crippen LogP contribution in [0.15, 0.2) is 21.4 Å². The molecule has 16 heavy (non-hydrogen) atoms. The Bertz CT molecular complexity index is 621. The van der Waals surface area contributed by atoms with Gasteiger partial charge in [-0.05, 0) is 28.9 Å². The fourth-order valence-electron chi connectivity index (χ4n) is 1.58. The molecule has 0 amide bonds. The van der Waals surface area contributed by atoms with Crippen LogP contribution in [-0.4, -0.2) is 12.1 Å².